The number of hydrogen-bond acceptors (Lipinski definition) is 4. The predicted molar refractivity (Wildman–Crippen MR) is 54.0 cm³/mol. The number of hydrazone groups is 1. The molecule has 0 radical (unpaired) electrons. The number of likely N-dealkylation sites (N-methyl/N-ethyl adjacent to an activating group) is 1. The molecular weight excluding hydrogens is 164 g/mol. The molecule has 0 aliphatic carbocycles. The van der Waals surface area contributed by atoms with Gasteiger partial charge in [0.15, 0.2) is 0 Å². The topological polar surface area (TPSA) is 30.9 Å². The fourth-order valence-corrected chi connectivity index (χ4v) is 1.93. The lowest BCUT2D eigenvalue weighted by Crippen LogP contribution is -2.47. The number of nitrogens with zero attached hydrogens (tertiary/aromatic N) is 3. The highest BCUT2D eigenvalue weighted by Gasteiger charge is 2.20. The molecular formula is C9H18N4. The van der Waals surface area contributed by atoms with Crippen LogP contribution in [0.3, 0.4) is 0 Å². The second-order valence-corrected chi connectivity index (χ2v) is 3.81. The van der Waals surface area contributed by atoms with Gasteiger partial charge in [0.2, 0.25) is 0 Å². The van der Waals surface area contributed by atoms with Gasteiger partial charge in [-0.25, -0.2) is 0 Å². The largest absolute Gasteiger partial charge is 0.314 e. The van der Waals surface area contributed by atoms with Gasteiger partial charge in [-0.2, -0.15) is 5.10 Å². The van der Waals surface area contributed by atoms with Crippen molar-refractivity contribution < 1.29 is 0 Å². The maximum absolute atomic E-state index is 4.25. The summed E-state index contributed by atoms with van der Waals surface area (Å²) < 4.78 is 0. The van der Waals surface area contributed by atoms with Crippen LogP contribution >= 0.6 is 0 Å². The van der Waals surface area contributed by atoms with E-state index in [1.165, 1.54) is 13.1 Å². The van der Waals surface area contributed by atoms with Crippen molar-refractivity contribution in [3.63, 3.8) is 0 Å². The quantitative estimate of drug-likeness (QED) is 0.629. The first-order valence-electron chi connectivity index (χ1n) is 5.04. The lowest BCUT2D eigenvalue weighted by molar-refractivity contribution is 0.167. The number of nitrogens with one attached hydrogen (secondary N) is 1. The third-order valence-corrected chi connectivity index (χ3v) is 2.85. The molecule has 1 N–H and O–H groups in total. The molecule has 0 amide bonds. The van der Waals surface area contributed by atoms with Crippen LogP contribution < -0.4 is 5.32 Å². The Kier molecular flexibility index (Phi) is 2.80. The molecule has 1 atom stereocenters. The molecule has 0 aromatic heterocycles. The zero-order valence-electron chi connectivity index (χ0n) is 8.24. The maximum atomic E-state index is 4.25. The monoisotopic (exact) mass is 182 g/mol. The van der Waals surface area contributed by atoms with Crippen LogP contribution in [0, 0.1) is 0 Å². The third-order valence-electron chi connectivity index (χ3n) is 2.85. The van der Waals surface area contributed by atoms with Gasteiger partial charge in [0, 0.05) is 52.4 Å². The van der Waals surface area contributed by atoms with E-state index in [-0.39, 0.29) is 0 Å². The van der Waals surface area contributed by atoms with Gasteiger partial charge in [-0.1, -0.05) is 0 Å². The molecule has 0 aromatic rings. The Balaban J connectivity index is 1.76. The standard InChI is InChI=1S/C9H18N4/c1-12-9(2-3-11-12)8-13-6-4-10-5-7-13/h3,9-10H,2,4-8H2,1H3. The minimum atomic E-state index is 0.609. The number of hydrogen-bond donors (Lipinski definition) is 1. The molecule has 74 valence electrons. The van der Waals surface area contributed by atoms with E-state index in [0.717, 1.165) is 26.1 Å². The average molecular weight is 182 g/mol. The van der Waals surface area contributed by atoms with Gasteiger partial charge in [0.1, 0.15) is 0 Å². The maximum Gasteiger partial charge on any atom is 0.0644 e. The molecule has 0 saturated carbocycles. The molecule has 0 aromatic carbocycles. The highest BCUT2D eigenvalue weighted by molar-refractivity contribution is 5.59. The molecule has 0 bridgehead atoms. The molecule has 2 heterocycles. The van der Waals surface area contributed by atoms with E-state index in [9.17, 15) is 0 Å². The van der Waals surface area contributed by atoms with Crippen LogP contribution in [0.5, 0.6) is 0 Å². The minimum Gasteiger partial charge on any atom is -0.314 e. The average Bonchev–Trinajstić information content (AvgIpc) is 2.54. The third kappa shape index (κ3) is 2.19. The van der Waals surface area contributed by atoms with E-state index in [0.29, 0.717) is 6.04 Å². The molecule has 2 aliphatic rings. The summed E-state index contributed by atoms with van der Waals surface area (Å²) in [6, 6.07) is 0.609. The Bertz CT molecular complexity index is 186. The molecule has 0 spiro atoms. The zero-order valence-corrected chi connectivity index (χ0v) is 8.24. The summed E-state index contributed by atoms with van der Waals surface area (Å²) in [6.45, 7) is 5.81. The molecule has 1 unspecified atom stereocenters. The molecule has 4 nitrogen and oxygen atoms in total. The van der Waals surface area contributed by atoms with E-state index in [1.54, 1.807) is 0 Å². The van der Waals surface area contributed by atoms with E-state index < -0.39 is 0 Å². The normalized spacial score (nSPS) is 29.9. The van der Waals surface area contributed by atoms with Gasteiger partial charge < -0.3 is 5.32 Å². The minimum absolute atomic E-state index is 0.609. The lowest BCUT2D eigenvalue weighted by atomic mass is 10.2. The van der Waals surface area contributed by atoms with Gasteiger partial charge in [-0.3, -0.25) is 9.91 Å². The van der Waals surface area contributed by atoms with Gasteiger partial charge >= 0.3 is 0 Å². The van der Waals surface area contributed by atoms with Crippen molar-refractivity contribution in [1.82, 2.24) is 15.2 Å². The summed E-state index contributed by atoms with van der Waals surface area (Å²) >= 11 is 0. The Morgan fingerprint density at radius 3 is 2.85 bits per heavy atom. The molecule has 4 heteroatoms. The zero-order chi connectivity index (χ0) is 9.10. The Morgan fingerprint density at radius 1 is 1.46 bits per heavy atom. The van der Waals surface area contributed by atoms with Gasteiger partial charge in [0.25, 0.3) is 0 Å². The summed E-state index contributed by atoms with van der Waals surface area (Å²) in [5.74, 6) is 0. The number of piperazine rings is 1. The smallest absolute Gasteiger partial charge is 0.0644 e. The molecule has 13 heavy (non-hydrogen) atoms. The summed E-state index contributed by atoms with van der Waals surface area (Å²) in [5.41, 5.74) is 0. The van der Waals surface area contributed by atoms with E-state index in [2.05, 4.69) is 27.4 Å². The second kappa shape index (κ2) is 4.07. The van der Waals surface area contributed by atoms with Crippen LogP contribution in [0.25, 0.3) is 0 Å². The Hall–Kier alpha value is -0.610. The Labute approximate surface area is 79.6 Å². The van der Waals surface area contributed by atoms with Crippen LogP contribution in [-0.4, -0.2) is 61.9 Å². The van der Waals surface area contributed by atoms with Gasteiger partial charge in [0.05, 0.1) is 6.04 Å². The van der Waals surface area contributed by atoms with Crippen LogP contribution in [0.15, 0.2) is 5.10 Å². The van der Waals surface area contributed by atoms with Crippen LogP contribution in [0.1, 0.15) is 6.42 Å². The van der Waals surface area contributed by atoms with Crippen molar-refractivity contribution in [3.8, 4) is 0 Å². The molecule has 1 fully saturated rings. The Morgan fingerprint density at radius 2 is 2.23 bits per heavy atom. The SMILES string of the molecule is CN1N=CCC1CN1CCNCC1. The first-order valence-corrected chi connectivity index (χ1v) is 5.04. The van der Waals surface area contributed by atoms with Crippen molar-refractivity contribution in [2.45, 2.75) is 12.5 Å². The molecule has 1 saturated heterocycles. The van der Waals surface area contributed by atoms with Gasteiger partial charge in [-0.05, 0) is 0 Å². The first-order chi connectivity index (χ1) is 6.36. The van der Waals surface area contributed by atoms with E-state index in [1.807, 2.05) is 6.21 Å². The van der Waals surface area contributed by atoms with Crippen LogP contribution in [0.4, 0.5) is 0 Å². The van der Waals surface area contributed by atoms with Crippen molar-refractivity contribution >= 4 is 6.21 Å². The van der Waals surface area contributed by atoms with E-state index >= 15 is 0 Å². The van der Waals surface area contributed by atoms with E-state index in [4.69, 9.17) is 0 Å². The van der Waals surface area contributed by atoms with Gasteiger partial charge in [-0.15, -0.1) is 0 Å². The summed E-state index contributed by atoms with van der Waals surface area (Å²) in [6.07, 6.45) is 3.13. The number of rotatable bonds is 2. The molecule has 2 aliphatic heterocycles. The predicted octanol–water partition coefficient (Wildman–Crippen LogP) is -0.418. The summed E-state index contributed by atoms with van der Waals surface area (Å²) in [7, 11) is 2.07. The van der Waals surface area contributed by atoms with Crippen molar-refractivity contribution in [2.24, 2.45) is 5.10 Å². The van der Waals surface area contributed by atoms with Crippen LogP contribution in [-0.2, 0) is 0 Å². The second-order valence-electron chi connectivity index (χ2n) is 3.81. The highest BCUT2D eigenvalue weighted by atomic mass is 15.5. The summed E-state index contributed by atoms with van der Waals surface area (Å²) in [4.78, 5) is 2.52. The fraction of sp³-hybridized carbons (Fsp3) is 0.889. The first kappa shape index (κ1) is 8.97. The lowest BCUT2D eigenvalue weighted by Gasteiger charge is -2.31. The molecule has 2 rings (SSSR count). The van der Waals surface area contributed by atoms with Crippen molar-refractivity contribution in [3.05, 3.63) is 0 Å². The van der Waals surface area contributed by atoms with Crippen molar-refractivity contribution in [2.75, 3.05) is 39.8 Å². The van der Waals surface area contributed by atoms with Crippen molar-refractivity contribution in [1.29, 1.82) is 0 Å². The summed E-state index contributed by atoms with van der Waals surface area (Å²) in [5, 5.41) is 9.70. The van der Waals surface area contributed by atoms with Crippen LogP contribution in [0.2, 0.25) is 0 Å². The fourth-order valence-electron chi connectivity index (χ4n) is 1.93. The highest BCUT2D eigenvalue weighted by Crippen LogP contribution is 2.09.